The number of nitrogens with zero attached hydrogens (tertiary/aromatic N) is 7. The molecule has 0 saturated carbocycles. The predicted octanol–water partition coefficient (Wildman–Crippen LogP) is 2.20. The molecule has 9 heteroatoms. The lowest BCUT2D eigenvalue weighted by atomic mass is 10.1. The molecule has 0 amide bonds. The molecule has 30 heavy (non-hydrogen) atoms. The molecule has 3 heterocycles. The van der Waals surface area contributed by atoms with Crippen LogP contribution in [-0.4, -0.2) is 42.8 Å². The lowest BCUT2D eigenvalue weighted by Gasteiger charge is -2.29. The summed E-state index contributed by atoms with van der Waals surface area (Å²) in [5.74, 6) is 0.991. The second-order valence-electron chi connectivity index (χ2n) is 6.64. The number of ether oxygens (including phenoxy) is 1. The summed E-state index contributed by atoms with van der Waals surface area (Å²) in [6.45, 7) is 4.74. The van der Waals surface area contributed by atoms with Crippen LogP contribution in [0.3, 0.4) is 0 Å². The normalized spacial score (nSPS) is 16.7. The maximum absolute atomic E-state index is 10.1. The van der Waals surface area contributed by atoms with E-state index in [0.717, 1.165) is 11.4 Å². The van der Waals surface area contributed by atoms with Gasteiger partial charge in [0.15, 0.2) is 17.2 Å². The number of allylic oxidation sites excluding steroid dienone is 1. The van der Waals surface area contributed by atoms with Gasteiger partial charge in [-0.15, -0.1) is 0 Å². The van der Waals surface area contributed by atoms with Crippen LogP contribution >= 0.6 is 0 Å². The number of nitrogens with one attached hydrogen (secondary N) is 1. The van der Waals surface area contributed by atoms with Gasteiger partial charge in [-0.05, 0) is 19.1 Å². The van der Waals surface area contributed by atoms with Crippen LogP contribution < -0.4 is 15.1 Å². The van der Waals surface area contributed by atoms with Crippen molar-refractivity contribution in [1.29, 1.82) is 15.8 Å². The summed E-state index contributed by atoms with van der Waals surface area (Å²) in [4.78, 5) is 12.8. The third-order valence-corrected chi connectivity index (χ3v) is 5.02. The van der Waals surface area contributed by atoms with Crippen molar-refractivity contribution in [2.24, 2.45) is 0 Å². The van der Waals surface area contributed by atoms with Crippen molar-refractivity contribution in [3.63, 3.8) is 0 Å². The fraction of sp³-hybridized carbons (Fsp3) is 0.286. The van der Waals surface area contributed by atoms with E-state index in [1.54, 1.807) is 0 Å². The number of benzene rings is 1. The van der Waals surface area contributed by atoms with Crippen LogP contribution in [0.1, 0.15) is 24.0 Å². The van der Waals surface area contributed by atoms with Crippen molar-refractivity contribution < 1.29 is 4.74 Å². The minimum atomic E-state index is -0.101. The van der Waals surface area contributed by atoms with E-state index < -0.39 is 0 Å². The first kappa shape index (κ1) is 19.2. The second kappa shape index (κ2) is 8.08. The Hall–Kier alpha value is -4.13. The average Bonchev–Trinajstić information content (AvgIpc) is 3.18. The molecule has 0 atom stereocenters. The molecule has 0 spiro atoms. The van der Waals surface area contributed by atoms with Crippen LogP contribution in [0.25, 0.3) is 5.57 Å². The van der Waals surface area contributed by atoms with Gasteiger partial charge < -0.3 is 19.9 Å². The quantitative estimate of drug-likeness (QED) is 0.774. The van der Waals surface area contributed by atoms with E-state index in [-0.39, 0.29) is 22.7 Å². The Labute approximate surface area is 174 Å². The SMILES string of the molecule is CCN1/C(=C(/C#N)c2nc(C#N)c(C#N)nc2N2CCOCC2)Nc2ccccc21. The Kier molecular flexibility index (Phi) is 5.17. The second-order valence-corrected chi connectivity index (χ2v) is 6.64. The molecule has 9 nitrogen and oxygen atoms in total. The Morgan fingerprint density at radius 2 is 1.80 bits per heavy atom. The highest BCUT2D eigenvalue weighted by atomic mass is 16.5. The molecule has 148 valence electrons. The number of nitriles is 3. The molecule has 2 aliphatic heterocycles. The fourth-order valence-corrected chi connectivity index (χ4v) is 3.62. The number of morpholine rings is 1. The molecule has 2 aromatic rings. The monoisotopic (exact) mass is 398 g/mol. The molecule has 1 saturated heterocycles. The number of para-hydroxylation sites is 2. The Bertz CT molecular complexity index is 1150. The highest BCUT2D eigenvalue weighted by Gasteiger charge is 2.30. The van der Waals surface area contributed by atoms with Gasteiger partial charge in [-0.1, -0.05) is 12.1 Å². The van der Waals surface area contributed by atoms with Gasteiger partial charge in [0.2, 0.25) is 0 Å². The van der Waals surface area contributed by atoms with Gasteiger partial charge >= 0.3 is 0 Å². The van der Waals surface area contributed by atoms with Crippen LogP contribution in [0.15, 0.2) is 30.1 Å². The number of anilines is 3. The molecule has 4 rings (SSSR count). The smallest absolute Gasteiger partial charge is 0.179 e. The van der Waals surface area contributed by atoms with Crippen molar-refractivity contribution in [1.82, 2.24) is 9.97 Å². The molecule has 1 N–H and O–H groups in total. The largest absolute Gasteiger partial charge is 0.378 e. The maximum atomic E-state index is 10.1. The lowest BCUT2D eigenvalue weighted by molar-refractivity contribution is 0.122. The molecular weight excluding hydrogens is 380 g/mol. The minimum Gasteiger partial charge on any atom is -0.378 e. The summed E-state index contributed by atoms with van der Waals surface area (Å²) in [7, 11) is 0. The first-order valence-corrected chi connectivity index (χ1v) is 9.55. The number of fused-ring (bicyclic) bond motifs is 1. The first-order valence-electron chi connectivity index (χ1n) is 9.55. The zero-order valence-corrected chi connectivity index (χ0v) is 16.4. The molecule has 1 aromatic heterocycles. The predicted molar refractivity (Wildman–Crippen MR) is 110 cm³/mol. The number of aromatic nitrogens is 2. The van der Waals surface area contributed by atoms with Crippen LogP contribution in [0.2, 0.25) is 0 Å². The van der Waals surface area contributed by atoms with E-state index in [4.69, 9.17) is 4.74 Å². The number of rotatable bonds is 3. The van der Waals surface area contributed by atoms with Crippen LogP contribution in [0.4, 0.5) is 17.2 Å². The first-order chi connectivity index (χ1) is 14.7. The average molecular weight is 398 g/mol. The molecule has 1 fully saturated rings. The summed E-state index contributed by atoms with van der Waals surface area (Å²) in [5, 5.41) is 32.3. The van der Waals surface area contributed by atoms with Crippen LogP contribution in [-0.2, 0) is 4.74 Å². The highest BCUT2D eigenvalue weighted by Crippen LogP contribution is 2.39. The summed E-state index contributed by atoms with van der Waals surface area (Å²) < 4.78 is 5.42. The maximum Gasteiger partial charge on any atom is 0.179 e. The van der Waals surface area contributed by atoms with Crippen molar-refractivity contribution in [3.8, 4) is 18.2 Å². The molecule has 0 unspecified atom stereocenters. The van der Waals surface area contributed by atoms with E-state index in [2.05, 4.69) is 21.4 Å². The minimum absolute atomic E-state index is 0.0555. The van der Waals surface area contributed by atoms with E-state index >= 15 is 0 Å². The summed E-state index contributed by atoms with van der Waals surface area (Å²) in [6, 6.07) is 13.9. The Balaban J connectivity index is 1.94. The van der Waals surface area contributed by atoms with Gasteiger partial charge in [-0.25, -0.2) is 9.97 Å². The van der Waals surface area contributed by atoms with Crippen molar-refractivity contribution in [3.05, 3.63) is 47.2 Å². The van der Waals surface area contributed by atoms with Crippen molar-refractivity contribution >= 4 is 22.8 Å². The zero-order chi connectivity index (χ0) is 21.1. The summed E-state index contributed by atoms with van der Waals surface area (Å²) >= 11 is 0. The van der Waals surface area contributed by atoms with Gasteiger partial charge in [-0.3, -0.25) is 0 Å². The summed E-state index contributed by atoms with van der Waals surface area (Å²) in [5.41, 5.74) is 2.23. The van der Waals surface area contributed by atoms with Gasteiger partial charge in [0.1, 0.15) is 35.3 Å². The third-order valence-electron chi connectivity index (χ3n) is 5.02. The van der Waals surface area contributed by atoms with Crippen molar-refractivity contribution in [2.75, 3.05) is 48.0 Å². The number of hydrogen-bond acceptors (Lipinski definition) is 9. The van der Waals surface area contributed by atoms with Crippen molar-refractivity contribution in [2.45, 2.75) is 6.92 Å². The topological polar surface area (TPSA) is 125 Å². The molecular formula is C21H18N8O. The van der Waals surface area contributed by atoms with E-state index in [1.807, 2.05) is 53.1 Å². The van der Waals surface area contributed by atoms with Gasteiger partial charge in [0.25, 0.3) is 0 Å². The fourth-order valence-electron chi connectivity index (χ4n) is 3.62. The summed E-state index contributed by atoms with van der Waals surface area (Å²) in [6.07, 6.45) is 0. The Morgan fingerprint density at radius 1 is 1.10 bits per heavy atom. The standard InChI is InChI=1S/C21H18N8O/c1-2-29-18-6-4-3-5-15(18)26-20(29)14(11-22)19-21(28-7-9-30-10-8-28)27-17(13-24)16(12-23)25-19/h3-6,26H,2,7-10H2,1H3/b20-14-. The van der Waals surface area contributed by atoms with E-state index in [0.29, 0.717) is 44.5 Å². The molecule has 1 aromatic carbocycles. The molecule has 2 aliphatic rings. The van der Waals surface area contributed by atoms with Gasteiger partial charge in [-0.2, -0.15) is 15.8 Å². The van der Waals surface area contributed by atoms with Crippen LogP contribution in [0.5, 0.6) is 0 Å². The Morgan fingerprint density at radius 3 is 2.47 bits per heavy atom. The molecule has 0 aliphatic carbocycles. The van der Waals surface area contributed by atoms with E-state index in [1.165, 1.54) is 0 Å². The van der Waals surface area contributed by atoms with Gasteiger partial charge in [0, 0.05) is 19.6 Å². The lowest BCUT2D eigenvalue weighted by Crippen LogP contribution is -2.38. The third kappa shape index (κ3) is 3.16. The van der Waals surface area contributed by atoms with Gasteiger partial charge in [0.05, 0.1) is 24.6 Å². The van der Waals surface area contributed by atoms with E-state index in [9.17, 15) is 15.8 Å². The highest BCUT2D eigenvalue weighted by molar-refractivity contribution is 5.93. The zero-order valence-electron chi connectivity index (χ0n) is 16.4. The molecule has 0 bridgehead atoms. The molecule has 0 radical (unpaired) electrons. The number of hydrogen-bond donors (Lipinski definition) is 1. The van der Waals surface area contributed by atoms with Crippen LogP contribution in [0, 0.1) is 34.0 Å².